The van der Waals surface area contributed by atoms with Crippen LogP contribution in [0.15, 0.2) is 49.6 Å². The van der Waals surface area contributed by atoms with E-state index in [0.717, 1.165) is 16.3 Å². The van der Waals surface area contributed by atoms with Gasteiger partial charge in [-0.2, -0.15) is 18.3 Å². The second-order valence-corrected chi connectivity index (χ2v) is 6.50. The molecule has 1 atom stereocenters. The van der Waals surface area contributed by atoms with E-state index in [1.54, 1.807) is 0 Å². The largest absolute Gasteiger partial charge is 0.468 e. The highest BCUT2D eigenvalue weighted by Gasteiger charge is 2.41. The van der Waals surface area contributed by atoms with E-state index in [2.05, 4.69) is 26.1 Å². The molecule has 1 aliphatic rings. The first-order valence-corrected chi connectivity index (χ1v) is 8.14. The zero-order chi connectivity index (χ0) is 18.2. The maximum atomic E-state index is 13.3. The van der Waals surface area contributed by atoms with Crippen molar-refractivity contribution < 1.29 is 17.6 Å². The van der Waals surface area contributed by atoms with Gasteiger partial charge in [0.2, 0.25) is 5.96 Å². The molecule has 1 unspecified atom stereocenters. The van der Waals surface area contributed by atoms with Crippen molar-refractivity contribution in [3.05, 3.63) is 57.5 Å². The molecule has 0 amide bonds. The Hall–Kier alpha value is -2.29. The Kier molecular flexibility index (Phi) is 4.59. The van der Waals surface area contributed by atoms with Crippen LogP contribution in [0.5, 0.6) is 0 Å². The number of benzene rings is 1. The Balaban J connectivity index is 2.10. The molecule has 0 fully saturated rings. The summed E-state index contributed by atoms with van der Waals surface area (Å²) >= 11 is 3.47. The Bertz CT molecular complexity index is 853. The third kappa shape index (κ3) is 3.55. The van der Waals surface area contributed by atoms with Gasteiger partial charge in [0.1, 0.15) is 17.6 Å². The second kappa shape index (κ2) is 6.55. The zero-order valence-corrected chi connectivity index (χ0v) is 14.4. The van der Waals surface area contributed by atoms with Crippen LogP contribution in [-0.2, 0) is 12.6 Å². The minimum absolute atomic E-state index is 0.0687. The van der Waals surface area contributed by atoms with Crippen LogP contribution in [0, 0.1) is 0 Å². The van der Waals surface area contributed by atoms with Gasteiger partial charge in [-0.1, -0.05) is 34.1 Å². The van der Waals surface area contributed by atoms with Crippen LogP contribution in [0.25, 0.3) is 0 Å². The highest BCUT2D eigenvalue weighted by molar-refractivity contribution is 9.10. The summed E-state index contributed by atoms with van der Waals surface area (Å²) in [5.74, 6) is -0.207. The molecule has 0 spiro atoms. The average Bonchev–Trinajstić information content (AvgIpc) is 2.97. The molecule has 1 aromatic carbocycles. The quantitative estimate of drug-likeness (QED) is 0.445. The smallest absolute Gasteiger partial charge is 0.420 e. The molecular weight excluding hydrogens is 401 g/mol. The zero-order valence-electron chi connectivity index (χ0n) is 12.8. The third-order valence-electron chi connectivity index (χ3n) is 3.96. The number of furan rings is 1. The van der Waals surface area contributed by atoms with Gasteiger partial charge in [-0.15, -0.1) is 5.10 Å². The predicted octanol–water partition coefficient (Wildman–Crippen LogP) is 3.77. The van der Waals surface area contributed by atoms with E-state index >= 15 is 0 Å². The fourth-order valence-electron chi connectivity index (χ4n) is 2.94. The lowest BCUT2D eigenvalue weighted by molar-refractivity contribution is -0.138. The van der Waals surface area contributed by atoms with Crippen molar-refractivity contribution >= 4 is 27.6 Å². The SMILES string of the molecule is NC(N)=N/N=C1/CC(c2ccccc2Br)Cc2occ(C(F)(F)F)c21. The molecule has 1 aromatic heterocycles. The maximum Gasteiger partial charge on any atom is 0.420 e. The van der Waals surface area contributed by atoms with Crippen molar-refractivity contribution in [2.24, 2.45) is 21.7 Å². The highest BCUT2D eigenvalue weighted by Crippen LogP contribution is 2.42. The normalized spacial score (nSPS) is 18.9. The van der Waals surface area contributed by atoms with Gasteiger partial charge in [-0.3, -0.25) is 0 Å². The molecule has 5 nitrogen and oxygen atoms in total. The van der Waals surface area contributed by atoms with Crippen molar-refractivity contribution in [1.29, 1.82) is 0 Å². The molecule has 1 heterocycles. The van der Waals surface area contributed by atoms with Crippen molar-refractivity contribution in [3.8, 4) is 0 Å². The van der Waals surface area contributed by atoms with Crippen LogP contribution < -0.4 is 11.5 Å². The van der Waals surface area contributed by atoms with E-state index in [0.29, 0.717) is 6.42 Å². The summed E-state index contributed by atoms with van der Waals surface area (Å²) in [6.07, 6.45) is -3.24. The summed E-state index contributed by atoms with van der Waals surface area (Å²) in [6.45, 7) is 0. The van der Waals surface area contributed by atoms with Gasteiger partial charge in [0, 0.05) is 10.9 Å². The molecule has 0 aliphatic heterocycles. The van der Waals surface area contributed by atoms with Gasteiger partial charge in [0.15, 0.2) is 0 Å². The first-order valence-electron chi connectivity index (χ1n) is 7.35. The minimum Gasteiger partial charge on any atom is -0.468 e. The average molecular weight is 415 g/mol. The summed E-state index contributed by atoms with van der Waals surface area (Å²) in [4.78, 5) is 0. The van der Waals surface area contributed by atoms with Crippen molar-refractivity contribution in [2.45, 2.75) is 24.9 Å². The van der Waals surface area contributed by atoms with E-state index in [-0.39, 0.29) is 35.3 Å². The monoisotopic (exact) mass is 414 g/mol. The van der Waals surface area contributed by atoms with Gasteiger partial charge in [0.05, 0.1) is 11.3 Å². The number of hydrogen-bond donors (Lipinski definition) is 2. The van der Waals surface area contributed by atoms with Crippen LogP contribution in [0.3, 0.4) is 0 Å². The van der Waals surface area contributed by atoms with Gasteiger partial charge in [0.25, 0.3) is 0 Å². The molecule has 4 N–H and O–H groups in total. The molecule has 0 saturated carbocycles. The standard InChI is InChI=1S/C16H14BrF3N4O/c17-11-4-2-1-3-9(11)8-5-12(23-24-15(21)22)14-10(16(18,19)20)7-25-13(14)6-8/h1-4,7-8H,5-6H2,(H4,21,22,24)/b23-12-. The number of nitrogens with two attached hydrogens (primary N) is 2. The summed E-state index contributed by atoms with van der Waals surface area (Å²) in [7, 11) is 0. The summed E-state index contributed by atoms with van der Waals surface area (Å²) in [6, 6.07) is 7.52. The number of halogens is 4. The Morgan fingerprint density at radius 3 is 2.56 bits per heavy atom. The number of alkyl halides is 3. The summed E-state index contributed by atoms with van der Waals surface area (Å²) in [5.41, 5.74) is 10.7. The Morgan fingerprint density at radius 1 is 1.20 bits per heavy atom. The van der Waals surface area contributed by atoms with E-state index in [4.69, 9.17) is 15.9 Å². The lowest BCUT2D eigenvalue weighted by Gasteiger charge is -2.24. The van der Waals surface area contributed by atoms with Gasteiger partial charge < -0.3 is 15.9 Å². The van der Waals surface area contributed by atoms with Gasteiger partial charge in [-0.25, -0.2) is 0 Å². The van der Waals surface area contributed by atoms with Crippen molar-refractivity contribution in [1.82, 2.24) is 0 Å². The predicted molar refractivity (Wildman–Crippen MR) is 91.3 cm³/mol. The molecule has 0 saturated heterocycles. The van der Waals surface area contributed by atoms with Crippen LogP contribution >= 0.6 is 15.9 Å². The lowest BCUT2D eigenvalue weighted by Crippen LogP contribution is -2.24. The Morgan fingerprint density at radius 2 is 1.92 bits per heavy atom. The topological polar surface area (TPSA) is 89.9 Å². The first kappa shape index (κ1) is 17.5. The number of rotatable bonds is 2. The van der Waals surface area contributed by atoms with Crippen LogP contribution in [0.1, 0.15) is 34.8 Å². The van der Waals surface area contributed by atoms with E-state index in [1.807, 2.05) is 24.3 Å². The molecule has 0 radical (unpaired) electrons. The van der Waals surface area contributed by atoms with Crippen LogP contribution in [-0.4, -0.2) is 11.7 Å². The molecule has 0 bridgehead atoms. The molecular formula is C16H14BrF3N4O. The molecule has 25 heavy (non-hydrogen) atoms. The lowest BCUT2D eigenvalue weighted by atomic mass is 9.81. The van der Waals surface area contributed by atoms with Crippen molar-refractivity contribution in [3.63, 3.8) is 0 Å². The third-order valence-corrected chi connectivity index (χ3v) is 4.69. The number of guanidine groups is 1. The first-order chi connectivity index (χ1) is 11.8. The second-order valence-electron chi connectivity index (χ2n) is 5.64. The summed E-state index contributed by atoms with van der Waals surface area (Å²) in [5, 5.41) is 7.40. The molecule has 3 rings (SSSR count). The molecule has 9 heteroatoms. The highest BCUT2D eigenvalue weighted by atomic mass is 79.9. The number of fused-ring (bicyclic) bond motifs is 1. The fourth-order valence-corrected chi connectivity index (χ4v) is 3.55. The number of hydrogen-bond acceptors (Lipinski definition) is 3. The van der Waals surface area contributed by atoms with E-state index in [9.17, 15) is 13.2 Å². The maximum absolute atomic E-state index is 13.3. The van der Waals surface area contributed by atoms with E-state index < -0.39 is 11.7 Å². The van der Waals surface area contributed by atoms with Crippen LogP contribution in [0.2, 0.25) is 0 Å². The van der Waals surface area contributed by atoms with E-state index in [1.165, 1.54) is 0 Å². The molecule has 2 aromatic rings. The minimum atomic E-state index is -4.55. The fraction of sp³-hybridized carbons (Fsp3) is 0.250. The Labute approximate surface area is 149 Å². The number of nitrogens with zero attached hydrogens (tertiary/aromatic N) is 2. The molecule has 132 valence electrons. The molecule has 1 aliphatic carbocycles. The van der Waals surface area contributed by atoms with Gasteiger partial charge in [-0.05, 0) is 24.0 Å². The van der Waals surface area contributed by atoms with Crippen LogP contribution in [0.4, 0.5) is 13.2 Å². The van der Waals surface area contributed by atoms with Gasteiger partial charge >= 0.3 is 6.18 Å². The van der Waals surface area contributed by atoms with Crippen molar-refractivity contribution in [2.75, 3.05) is 0 Å². The summed E-state index contributed by atoms with van der Waals surface area (Å²) < 4.78 is 45.9.